The summed E-state index contributed by atoms with van der Waals surface area (Å²) in [6, 6.07) is 14.8. The van der Waals surface area contributed by atoms with Crippen LogP contribution in [0.1, 0.15) is 40.1 Å². The SMILES string of the molecule is Cc1cccn2cc(COc3ccc(C(=O)NC(C)c4ccncc4)cc3)nc12. The fourth-order valence-corrected chi connectivity index (χ4v) is 3.15. The van der Waals surface area contributed by atoms with Gasteiger partial charge in [0.25, 0.3) is 5.91 Å². The first-order valence-electron chi connectivity index (χ1n) is 9.47. The molecule has 0 bridgehead atoms. The van der Waals surface area contributed by atoms with Gasteiger partial charge in [0.05, 0.1) is 11.7 Å². The Balaban J connectivity index is 1.37. The van der Waals surface area contributed by atoms with Crippen molar-refractivity contribution in [2.24, 2.45) is 0 Å². The van der Waals surface area contributed by atoms with Gasteiger partial charge in [-0.05, 0) is 67.4 Å². The number of pyridine rings is 2. The fourth-order valence-electron chi connectivity index (χ4n) is 3.15. The summed E-state index contributed by atoms with van der Waals surface area (Å²) in [5, 5.41) is 2.99. The molecule has 0 spiro atoms. The number of imidazole rings is 1. The monoisotopic (exact) mass is 386 g/mol. The average Bonchev–Trinajstić information content (AvgIpc) is 3.18. The van der Waals surface area contributed by atoms with Gasteiger partial charge in [-0.2, -0.15) is 0 Å². The number of hydrogen-bond donors (Lipinski definition) is 1. The van der Waals surface area contributed by atoms with Gasteiger partial charge in [-0.3, -0.25) is 9.78 Å². The first kappa shape index (κ1) is 18.7. The molecule has 4 aromatic rings. The highest BCUT2D eigenvalue weighted by Gasteiger charge is 2.11. The molecule has 1 atom stereocenters. The van der Waals surface area contributed by atoms with E-state index in [2.05, 4.69) is 15.3 Å². The number of carbonyl (C=O) groups excluding carboxylic acids is 1. The second-order valence-corrected chi connectivity index (χ2v) is 6.94. The lowest BCUT2D eigenvalue weighted by Gasteiger charge is -2.14. The van der Waals surface area contributed by atoms with Crippen molar-refractivity contribution in [3.05, 3.63) is 95.7 Å². The van der Waals surface area contributed by atoms with Gasteiger partial charge >= 0.3 is 0 Å². The third-order valence-corrected chi connectivity index (χ3v) is 4.78. The lowest BCUT2D eigenvalue weighted by Crippen LogP contribution is -2.26. The Labute approximate surface area is 169 Å². The predicted molar refractivity (Wildman–Crippen MR) is 111 cm³/mol. The van der Waals surface area contributed by atoms with E-state index in [9.17, 15) is 4.79 Å². The highest BCUT2D eigenvalue weighted by Crippen LogP contribution is 2.17. The van der Waals surface area contributed by atoms with E-state index in [1.807, 2.05) is 54.9 Å². The van der Waals surface area contributed by atoms with Crippen molar-refractivity contribution < 1.29 is 9.53 Å². The lowest BCUT2D eigenvalue weighted by atomic mass is 10.1. The molecule has 0 saturated carbocycles. The molecule has 1 amide bonds. The van der Waals surface area contributed by atoms with E-state index in [0.29, 0.717) is 17.9 Å². The van der Waals surface area contributed by atoms with Gasteiger partial charge in [-0.25, -0.2) is 4.98 Å². The van der Waals surface area contributed by atoms with Crippen molar-refractivity contribution in [3.63, 3.8) is 0 Å². The molecule has 4 rings (SSSR count). The van der Waals surface area contributed by atoms with Crippen molar-refractivity contribution in [2.45, 2.75) is 26.5 Å². The highest BCUT2D eigenvalue weighted by atomic mass is 16.5. The van der Waals surface area contributed by atoms with E-state index in [1.54, 1.807) is 36.7 Å². The third-order valence-electron chi connectivity index (χ3n) is 4.78. The molecule has 6 heteroatoms. The van der Waals surface area contributed by atoms with Crippen LogP contribution in [0.4, 0.5) is 0 Å². The van der Waals surface area contributed by atoms with Crippen LogP contribution in [0.25, 0.3) is 5.65 Å². The molecule has 0 saturated heterocycles. The van der Waals surface area contributed by atoms with Crippen LogP contribution >= 0.6 is 0 Å². The van der Waals surface area contributed by atoms with Crippen LogP contribution in [0, 0.1) is 6.92 Å². The number of hydrogen-bond acceptors (Lipinski definition) is 4. The summed E-state index contributed by atoms with van der Waals surface area (Å²) < 4.78 is 7.82. The number of benzene rings is 1. The normalized spacial score (nSPS) is 11.9. The fraction of sp³-hybridized carbons (Fsp3) is 0.174. The summed E-state index contributed by atoms with van der Waals surface area (Å²) in [6.07, 6.45) is 7.37. The summed E-state index contributed by atoms with van der Waals surface area (Å²) in [5.41, 5.74) is 4.50. The standard InChI is InChI=1S/C23H22N4O2/c1-16-4-3-13-27-14-20(26-22(16)27)15-29-21-7-5-19(6-8-21)23(28)25-17(2)18-9-11-24-12-10-18/h3-14,17H,15H2,1-2H3,(H,25,28). The predicted octanol–water partition coefficient (Wildman–Crippen LogP) is 4.11. The molecule has 0 radical (unpaired) electrons. The number of aromatic nitrogens is 3. The zero-order valence-electron chi connectivity index (χ0n) is 16.4. The van der Waals surface area contributed by atoms with E-state index in [0.717, 1.165) is 22.5 Å². The Hall–Kier alpha value is -3.67. The van der Waals surface area contributed by atoms with Crippen molar-refractivity contribution in [1.29, 1.82) is 0 Å². The van der Waals surface area contributed by atoms with Crippen molar-refractivity contribution in [2.75, 3.05) is 0 Å². The molecule has 1 aromatic carbocycles. The second kappa shape index (κ2) is 8.14. The Morgan fingerprint density at radius 3 is 2.62 bits per heavy atom. The van der Waals surface area contributed by atoms with Crippen LogP contribution in [-0.2, 0) is 6.61 Å². The number of ether oxygens (including phenoxy) is 1. The number of aryl methyl sites for hydroxylation is 1. The number of amides is 1. The van der Waals surface area contributed by atoms with Crippen LogP contribution in [0.3, 0.4) is 0 Å². The van der Waals surface area contributed by atoms with Gasteiger partial charge in [0, 0.05) is 30.4 Å². The number of nitrogens with zero attached hydrogens (tertiary/aromatic N) is 3. The van der Waals surface area contributed by atoms with Crippen LogP contribution < -0.4 is 10.1 Å². The van der Waals surface area contributed by atoms with Gasteiger partial charge in [0.1, 0.15) is 18.0 Å². The first-order valence-corrected chi connectivity index (χ1v) is 9.47. The number of rotatable bonds is 6. The Morgan fingerprint density at radius 2 is 1.90 bits per heavy atom. The Morgan fingerprint density at radius 1 is 1.14 bits per heavy atom. The maximum atomic E-state index is 12.5. The second-order valence-electron chi connectivity index (χ2n) is 6.94. The molecule has 0 aliphatic heterocycles. The molecule has 0 fully saturated rings. The van der Waals surface area contributed by atoms with Crippen LogP contribution in [0.2, 0.25) is 0 Å². The summed E-state index contributed by atoms with van der Waals surface area (Å²) in [5.74, 6) is 0.564. The minimum Gasteiger partial charge on any atom is -0.487 e. The number of nitrogens with one attached hydrogen (secondary N) is 1. The molecule has 1 unspecified atom stereocenters. The smallest absolute Gasteiger partial charge is 0.251 e. The molecule has 29 heavy (non-hydrogen) atoms. The van der Waals surface area contributed by atoms with Crippen molar-refractivity contribution >= 4 is 11.6 Å². The maximum Gasteiger partial charge on any atom is 0.251 e. The van der Waals surface area contributed by atoms with E-state index in [-0.39, 0.29) is 11.9 Å². The van der Waals surface area contributed by atoms with E-state index >= 15 is 0 Å². The van der Waals surface area contributed by atoms with Gasteiger partial charge in [0.2, 0.25) is 0 Å². The van der Waals surface area contributed by atoms with Crippen LogP contribution in [-0.4, -0.2) is 20.3 Å². The minimum atomic E-state index is -0.128. The van der Waals surface area contributed by atoms with Crippen LogP contribution in [0.5, 0.6) is 5.75 Å². The summed E-state index contributed by atoms with van der Waals surface area (Å²) in [6.45, 7) is 4.35. The van der Waals surface area contributed by atoms with E-state index in [1.165, 1.54) is 0 Å². The molecule has 3 heterocycles. The number of fused-ring (bicyclic) bond motifs is 1. The largest absolute Gasteiger partial charge is 0.487 e. The maximum absolute atomic E-state index is 12.5. The van der Waals surface area contributed by atoms with Crippen molar-refractivity contribution in [3.8, 4) is 5.75 Å². The summed E-state index contributed by atoms with van der Waals surface area (Å²) >= 11 is 0. The molecule has 1 N–H and O–H groups in total. The molecular weight excluding hydrogens is 364 g/mol. The van der Waals surface area contributed by atoms with Gasteiger partial charge in [-0.15, -0.1) is 0 Å². The topological polar surface area (TPSA) is 68.5 Å². The van der Waals surface area contributed by atoms with Crippen LogP contribution in [0.15, 0.2) is 73.3 Å². The number of carbonyl (C=O) groups is 1. The Bertz CT molecular complexity index is 1120. The zero-order chi connectivity index (χ0) is 20.2. The van der Waals surface area contributed by atoms with Gasteiger partial charge in [0.15, 0.2) is 0 Å². The molecular formula is C23H22N4O2. The summed E-state index contributed by atoms with van der Waals surface area (Å²) in [4.78, 5) is 21.1. The molecule has 3 aromatic heterocycles. The quantitative estimate of drug-likeness (QED) is 0.541. The minimum absolute atomic E-state index is 0.0973. The van der Waals surface area contributed by atoms with Gasteiger partial charge in [-0.1, -0.05) is 6.07 Å². The third kappa shape index (κ3) is 4.27. The van der Waals surface area contributed by atoms with Crippen molar-refractivity contribution in [1.82, 2.24) is 19.7 Å². The average molecular weight is 386 g/mol. The first-order chi connectivity index (χ1) is 14.1. The van der Waals surface area contributed by atoms with E-state index in [4.69, 9.17) is 4.74 Å². The Kier molecular flexibility index (Phi) is 5.24. The van der Waals surface area contributed by atoms with Gasteiger partial charge < -0.3 is 14.5 Å². The molecule has 0 aliphatic rings. The molecule has 0 aliphatic carbocycles. The highest BCUT2D eigenvalue weighted by molar-refractivity contribution is 5.94. The lowest BCUT2D eigenvalue weighted by molar-refractivity contribution is 0.0940. The van der Waals surface area contributed by atoms with E-state index < -0.39 is 0 Å². The molecule has 6 nitrogen and oxygen atoms in total. The zero-order valence-corrected chi connectivity index (χ0v) is 16.4. The summed E-state index contributed by atoms with van der Waals surface area (Å²) in [7, 11) is 0. The molecule has 146 valence electrons.